The maximum absolute atomic E-state index is 7.46. The molecule has 320 valence electrons. The molecule has 0 aliphatic carbocycles. The summed E-state index contributed by atoms with van der Waals surface area (Å²) < 4.78 is 7.46. The lowest BCUT2D eigenvalue weighted by Crippen LogP contribution is -2.61. The van der Waals surface area contributed by atoms with Crippen LogP contribution in [0.15, 0.2) is 156 Å². The van der Waals surface area contributed by atoms with E-state index < -0.39 is 0 Å². The minimum Gasteiger partial charge on any atom is -0.468 e. The van der Waals surface area contributed by atoms with E-state index in [4.69, 9.17) is 4.42 Å². The van der Waals surface area contributed by atoms with Gasteiger partial charge in [-0.2, -0.15) is 0 Å². The Balaban J connectivity index is 1.40. The van der Waals surface area contributed by atoms with Crippen molar-refractivity contribution in [2.75, 3.05) is 9.80 Å². The van der Waals surface area contributed by atoms with E-state index in [1.54, 1.807) is 0 Å². The van der Waals surface area contributed by atoms with E-state index >= 15 is 0 Å². The van der Waals surface area contributed by atoms with Crippen LogP contribution in [-0.2, 0) is 21.7 Å². The predicted molar refractivity (Wildman–Crippen MR) is 276 cm³/mol. The van der Waals surface area contributed by atoms with Gasteiger partial charge in [0.05, 0.1) is 17.0 Å². The van der Waals surface area contributed by atoms with Crippen molar-refractivity contribution in [2.45, 2.75) is 105 Å². The molecule has 0 spiro atoms. The summed E-state index contributed by atoms with van der Waals surface area (Å²) >= 11 is 0. The lowest BCUT2D eigenvalue weighted by atomic mass is 9.35. The van der Waals surface area contributed by atoms with Crippen molar-refractivity contribution in [3.8, 4) is 22.3 Å². The molecule has 2 aliphatic heterocycles. The number of para-hydroxylation sites is 1. The molecule has 3 nitrogen and oxygen atoms in total. The van der Waals surface area contributed by atoms with E-state index in [1.807, 2.05) is 0 Å². The van der Waals surface area contributed by atoms with Crippen LogP contribution in [0.1, 0.15) is 105 Å². The maximum Gasteiger partial charge on any atom is 0.297 e. The first-order chi connectivity index (χ1) is 30.3. The molecular weight excluding hydrogens is 775 g/mol. The molecule has 0 radical (unpaired) electrons. The average molecular weight is 837 g/mol. The summed E-state index contributed by atoms with van der Waals surface area (Å²) in [4.78, 5) is 5.16. The quantitative estimate of drug-likeness (QED) is 0.165. The second-order valence-corrected chi connectivity index (χ2v) is 22.3. The molecule has 8 aromatic rings. The van der Waals surface area contributed by atoms with Gasteiger partial charge < -0.3 is 14.2 Å². The third-order valence-corrected chi connectivity index (χ3v) is 13.7. The highest BCUT2D eigenvalue weighted by Crippen LogP contribution is 2.53. The molecule has 0 N–H and O–H groups in total. The van der Waals surface area contributed by atoms with Gasteiger partial charge in [0.2, 0.25) is 0 Å². The van der Waals surface area contributed by atoms with Crippen molar-refractivity contribution in [1.82, 2.24) is 0 Å². The Morgan fingerprint density at radius 3 is 1.45 bits per heavy atom. The molecule has 0 saturated heterocycles. The van der Waals surface area contributed by atoms with Crippen molar-refractivity contribution in [3.05, 3.63) is 174 Å². The molecule has 0 unspecified atom stereocenters. The van der Waals surface area contributed by atoms with E-state index in [2.05, 4.69) is 245 Å². The third-order valence-electron chi connectivity index (χ3n) is 13.7. The molecule has 64 heavy (non-hydrogen) atoms. The van der Waals surface area contributed by atoms with Crippen LogP contribution in [-0.4, -0.2) is 6.71 Å². The van der Waals surface area contributed by atoms with Gasteiger partial charge in [-0.3, -0.25) is 0 Å². The van der Waals surface area contributed by atoms with Crippen LogP contribution in [0.5, 0.6) is 0 Å². The minimum atomic E-state index is -0.165. The van der Waals surface area contributed by atoms with Crippen LogP contribution >= 0.6 is 0 Å². The van der Waals surface area contributed by atoms with Crippen molar-refractivity contribution in [1.29, 1.82) is 0 Å². The molecule has 7 aromatic carbocycles. The zero-order chi connectivity index (χ0) is 45.1. The largest absolute Gasteiger partial charge is 0.468 e. The minimum absolute atomic E-state index is 0.0318. The maximum atomic E-state index is 7.46. The molecular formula is C60H61BN2O. The molecule has 3 heterocycles. The number of furan rings is 1. The number of rotatable bonds is 4. The van der Waals surface area contributed by atoms with Gasteiger partial charge in [-0.05, 0) is 108 Å². The van der Waals surface area contributed by atoms with Gasteiger partial charge in [-0.25, -0.2) is 0 Å². The Morgan fingerprint density at radius 1 is 0.406 bits per heavy atom. The summed E-state index contributed by atoms with van der Waals surface area (Å²) in [5.74, 6) is 0. The van der Waals surface area contributed by atoms with E-state index in [-0.39, 0.29) is 28.4 Å². The van der Waals surface area contributed by atoms with Crippen molar-refractivity contribution < 1.29 is 4.42 Å². The van der Waals surface area contributed by atoms with Crippen molar-refractivity contribution in [2.24, 2.45) is 0 Å². The smallest absolute Gasteiger partial charge is 0.297 e. The van der Waals surface area contributed by atoms with Crippen LogP contribution in [0.4, 0.5) is 34.1 Å². The number of benzene rings is 7. The summed E-state index contributed by atoms with van der Waals surface area (Å²) in [6, 6.07) is 57.1. The van der Waals surface area contributed by atoms with Gasteiger partial charge in [0.25, 0.3) is 6.71 Å². The Bertz CT molecular complexity index is 3020. The van der Waals surface area contributed by atoms with E-state index in [0.29, 0.717) is 0 Å². The van der Waals surface area contributed by atoms with Gasteiger partial charge >= 0.3 is 0 Å². The van der Waals surface area contributed by atoms with Gasteiger partial charge in [-0.15, -0.1) is 0 Å². The topological polar surface area (TPSA) is 19.6 Å². The Hall–Kier alpha value is -6.26. The fourth-order valence-corrected chi connectivity index (χ4v) is 9.96. The summed E-state index contributed by atoms with van der Waals surface area (Å²) in [5.41, 5.74) is 21.0. The highest BCUT2D eigenvalue weighted by Gasteiger charge is 2.48. The molecule has 10 rings (SSSR count). The molecule has 0 saturated carbocycles. The fraction of sp³-hybridized carbons (Fsp3) is 0.267. The summed E-state index contributed by atoms with van der Waals surface area (Å²) in [7, 11) is 0. The number of fused-ring (bicyclic) bond motifs is 6. The van der Waals surface area contributed by atoms with Gasteiger partial charge in [0.15, 0.2) is 0 Å². The van der Waals surface area contributed by atoms with Crippen LogP contribution in [0.3, 0.4) is 0 Å². The molecule has 0 fully saturated rings. The zero-order valence-corrected chi connectivity index (χ0v) is 39.8. The zero-order valence-electron chi connectivity index (χ0n) is 39.8. The summed E-state index contributed by atoms with van der Waals surface area (Å²) in [6.45, 7) is 27.7. The number of nitrogens with zero attached hydrogens (tertiary/aromatic N) is 2. The standard InChI is InChI=1S/C60H61BN2O/c1-57(2,3)40-26-30-44(31-27-40)62-49-32-28-42(59(7,8)9)35-48(49)61-53-50(62)36-43(60(10,11)12)37-51(53)63(55-47-34-41(58(4,5)6)29-33-52(47)64-56(55)61)54-45(38-20-15-13-16-21-38)24-19-25-46(54)39-22-17-14-18-23-39/h13-37H,1-12H3. The van der Waals surface area contributed by atoms with Crippen molar-refractivity contribution >= 4 is 68.4 Å². The molecule has 4 heteroatoms. The molecule has 0 amide bonds. The Morgan fingerprint density at radius 2 is 0.906 bits per heavy atom. The van der Waals surface area contributed by atoms with Crippen LogP contribution < -0.4 is 26.4 Å². The third kappa shape index (κ3) is 6.89. The second kappa shape index (κ2) is 14.6. The fourth-order valence-electron chi connectivity index (χ4n) is 9.96. The van der Waals surface area contributed by atoms with E-state index in [0.717, 1.165) is 33.7 Å². The number of hydrogen-bond acceptors (Lipinski definition) is 3. The number of hydrogen-bond donors (Lipinski definition) is 0. The first-order valence-corrected chi connectivity index (χ1v) is 23.1. The SMILES string of the molecule is CC(C)(C)c1ccc(N2c3ccc(C(C)(C)C)cc3B3c4oc5ccc(C(C)(C)C)cc5c4N(c4c(-c5ccccc5)cccc4-c4ccccc4)c4cc(C(C)(C)C)cc2c43)cc1. The van der Waals surface area contributed by atoms with E-state index in [9.17, 15) is 0 Å². The average Bonchev–Trinajstić information content (AvgIpc) is 3.64. The van der Waals surface area contributed by atoms with Gasteiger partial charge in [-0.1, -0.05) is 192 Å². The monoisotopic (exact) mass is 836 g/mol. The van der Waals surface area contributed by atoms with Crippen LogP contribution in [0.2, 0.25) is 0 Å². The van der Waals surface area contributed by atoms with E-state index in [1.165, 1.54) is 72.5 Å². The first kappa shape index (κ1) is 41.7. The van der Waals surface area contributed by atoms with Gasteiger partial charge in [0, 0.05) is 39.3 Å². The first-order valence-electron chi connectivity index (χ1n) is 23.1. The Labute approximate surface area is 381 Å². The van der Waals surface area contributed by atoms with Crippen LogP contribution in [0.25, 0.3) is 33.2 Å². The van der Waals surface area contributed by atoms with Crippen LogP contribution in [0, 0.1) is 0 Å². The summed E-state index contributed by atoms with van der Waals surface area (Å²) in [6.07, 6.45) is 0. The molecule has 1 aromatic heterocycles. The molecule has 0 bridgehead atoms. The highest BCUT2D eigenvalue weighted by atomic mass is 16.3. The van der Waals surface area contributed by atoms with Gasteiger partial charge in [0.1, 0.15) is 5.58 Å². The molecule has 2 aliphatic rings. The molecule has 0 atom stereocenters. The van der Waals surface area contributed by atoms with Crippen molar-refractivity contribution in [3.63, 3.8) is 0 Å². The lowest BCUT2D eigenvalue weighted by molar-refractivity contribution is 0.589. The normalized spacial score (nSPS) is 13.8. The lowest BCUT2D eigenvalue weighted by Gasteiger charge is -2.44. The number of anilines is 6. The second-order valence-electron chi connectivity index (χ2n) is 22.3. The summed E-state index contributed by atoms with van der Waals surface area (Å²) in [5, 5.41) is 1.13. The Kier molecular flexibility index (Phi) is 9.55. The predicted octanol–water partition coefficient (Wildman–Crippen LogP) is 15.0. The highest BCUT2D eigenvalue weighted by molar-refractivity contribution is 7.00.